The van der Waals surface area contributed by atoms with Crippen LogP contribution < -0.4 is 10.6 Å². The van der Waals surface area contributed by atoms with E-state index in [0.29, 0.717) is 29.8 Å². The van der Waals surface area contributed by atoms with E-state index in [4.69, 9.17) is 16.3 Å². The van der Waals surface area contributed by atoms with E-state index in [1.54, 1.807) is 19.2 Å². The molecule has 3 rings (SSSR count). The molecule has 27 heavy (non-hydrogen) atoms. The van der Waals surface area contributed by atoms with Crippen LogP contribution >= 0.6 is 11.6 Å². The Morgan fingerprint density at radius 2 is 2.19 bits per heavy atom. The number of guanidine groups is 1. The first-order valence-corrected chi connectivity index (χ1v) is 9.88. The predicted molar refractivity (Wildman–Crippen MR) is 108 cm³/mol. The van der Waals surface area contributed by atoms with Gasteiger partial charge in [0.25, 0.3) is 0 Å². The molecule has 0 aromatic heterocycles. The van der Waals surface area contributed by atoms with Gasteiger partial charge in [0.2, 0.25) is 0 Å². The Labute approximate surface area is 165 Å². The van der Waals surface area contributed by atoms with E-state index in [1.807, 2.05) is 6.92 Å². The number of morpholine rings is 1. The summed E-state index contributed by atoms with van der Waals surface area (Å²) in [6.07, 6.45) is 6.42. The molecule has 2 atom stereocenters. The number of hydrogen-bond acceptors (Lipinski definition) is 3. The molecular formula is C20H28ClFN4O. The van der Waals surface area contributed by atoms with Crippen LogP contribution in [0.15, 0.2) is 35.3 Å². The highest BCUT2D eigenvalue weighted by Crippen LogP contribution is 2.31. The van der Waals surface area contributed by atoms with Crippen molar-refractivity contribution in [3.05, 3.63) is 46.8 Å². The monoisotopic (exact) mass is 394 g/mol. The molecule has 1 aromatic carbocycles. The average Bonchev–Trinajstić information content (AvgIpc) is 3.16. The first kappa shape index (κ1) is 20.1. The normalized spacial score (nSPS) is 22.8. The fraction of sp³-hybridized carbons (Fsp3) is 0.550. The van der Waals surface area contributed by atoms with E-state index < -0.39 is 0 Å². The summed E-state index contributed by atoms with van der Waals surface area (Å²) >= 11 is 6.39. The molecule has 148 valence electrons. The van der Waals surface area contributed by atoms with Crippen LogP contribution in [0.25, 0.3) is 0 Å². The molecule has 0 bridgehead atoms. The minimum Gasteiger partial charge on any atom is -0.376 e. The molecule has 1 aliphatic carbocycles. The van der Waals surface area contributed by atoms with Gasteiger partial charge in [-0.2, -0.15) is 0 Å². The number of ether oxygens (including phenoxy) is 1. The van der Waals surface area contributed by atoms with E-state index >= 15 is 0 Å². The second-order valence-electron chi connectivity index (χ2n) is 7.06. The molecule has 2 unspecified atom stereocenters. The number of nitrogens with zero attached hydrogens (tertiary/aromatic N) is 2. The minimum absolute atomic E-state index is 0.105. The molecule has 2 N–H and O–H groups in total. The zero-order valence-corrected chi connectivity index (χ0v) is 16.7. The van der Waals surface area contributed by atoms with Gasteiger partial charge in [0.15, 0.2) is 5.96 Å². The zero-order valence-electron chi connectivity index (χ0n) is 15.9. The fourth-order valence-corrected chi connectivity index (χ4v) is 3.98. The maximum Gasteiger partial charge on any atom is 0.191 e. The van der Waals surface area contributed by atoms with Crippen molar-refractivity contribution in [2.45, 2.75) is 38.0 Å². The first-order valence-electron chi connectivity index (χ1n) is 9.50. The first-order chi connectivity index (χ1) is 13.1. The standard InChI is InChI=1S/C20H28ClFN4O/c1-14-13-26(10-11-27-14)18(19-16(21)8-5-9-17(19)22)12-24-20(23-2)25-15-6-3-4-7-15/h3-5,8-9,14-15,18H,6-7,10-13H2,1-2H3,(H2,23,24,25). The summed E-state index contributed by atoms with van der Waals surface area (Å²) in [5.41, 5.74) is 0.527. The Bertz CT molecular complexity index is 668. The van der Waals surface area contributed by atoms with Crippen molar-refractivity contribution in [1.29, 1.82) is 0 Å². The molecule has 0 spiro atoms. The Morgan fingerprint density at radius 3 is 2.85 bits per heavy atom. The third-order valence-corrected chi connectivity index (χ3v) is 5.41. The van der Waals surface area contributed by atoms with Crippen molar-refractivity contribution in [2.24, 2.45) is 4.99 Å². The lowest BCUT2D eigenvalue weighted by atomic mass is 10.0. The molecular weight excluding hydrogens is 367 g/mol. The molecule has 0 saturated carbocycles. The van der Waals surface area contributed by atoms with Crippen LogP contribution in [0.4, 0.5) is 4.39 Å². The number of benzene rings is 1. The van der Waals surface area contributed by atoms with Crippen LogP contribution in [-0.2, 0) is 4.74 Å². The summed E-state index contributed by atoms with van der Waals surface area (Å²) in [5, 5.41) is 7.23. The van der Waals surface area contributed by atoms with Gasteiger partial charge < -0.3 is 15.4 Å². The van der Waals surface area contributed by atoms with Gasteiger partial charge in [-0.25, -0.2) is 4.39 Å². The van der Waals surface area contributed by atoms with Gasteiger partial charge in [0, 0.05) is 43.3 Å². The Kier molecular flexibility index (Phi) is 7.10. The van der Waals surface area contributed by atoms with Crippen LogP contribution in [0.2, 0.25) is 5.02 Å². The fourth-order valence-electron chi connectivity index (χ4n) is 3.69. The second-order valence-corrected chi connectivity index (χ2v) is 7.47. The topological polar surface area (TPSA) is 48.9 Å². The summed E-state index contributed by atoms with van der Waals surface area (Å²) in [5.74, 6) is 0.443. The lowest BCUT2D eigenvalue weighted by Gasteiger charge is -2.38. The third-order valence-electron chi connectivity index (χ3n) is 5.08. The van der Waals surface area contributed by atoms with Crippen molar-refractivity contribution in [3.8, 4) is 0 Å². The van der Waals surface area contributed by atoms with E-state index in [9.17, 15) is 4.39 Å². The minimum atomic E-state index is -0.281. The van der Waals surface area contributed by atoms with Gasteiger partial charge in [-0.1, -0.05) is 29.8 Å². The lowest BCUT2D eigenvalue weighted by molar-refractivity contribution is -0.0343. The second kappa shape index (κ2) is 9.53. The highest BCUT2D eigenvalue weighted by Gasteiger charge is 2.29. The molecule has 1 aromatic rings. The molecule has 0 radical (unpaired) electrons. The molecule has 2 aliphatic rings. The Hall–Kier alpha value is -1.63. The van der Waals surface area contributed by atoms with Crippen molar-refractivity contribution in [2.75, 3.05) is 33.3 Å². The molecule has 7 heteroatoms. The molecule has 1 heterocycles. The van der Waals surface area contributed by atoms with Crippen molar-refractivity contribution < 1.29 is 9.13 Å². The van der Waals surface area contributed by atoms with Crippen molar-refractivity contribution in [3.63, 3.8) is 0 Å². The van der Waals surface area contributed by atoms with Crippen LogP contribution in [0.5, 0.6) is 0 Å². The summed E-state index contributed by atoms with van der Waals surface area (Å²) in [6, 6.07) is 5.00. The van der Waals surface area contributed by atoms with Crippen LogP contribution in [-0.4, -0.2) is 56.3 Å². The zero-order chi connectivity index (χ0) is 19.2. The van der Waals surface area contributed by atoms with Gasteiger partial charge in [0.1, 0.15) is 5.82 Å². The van der Waals surface area contributed by atoms with E-state index in [-0.39, 0.29) is 18.0 Å². The summed E-state index contributed by atoms with van der Waals surface area (Å²) < 4.78 is 20.3. The molecule has 0 amide bonds. The smallest absolute Gasteiger partial charge is 0.191 e. The van der Waals surface area contributed by atoms with Crippen LogP contribution in [0.1, 0.15) is 31.4 Å². The van der Waals surface area contributed by atoms with E-state index in [0.717, 1.165) is 31.9 Å². The number of nitrogens with one attached hydrogen (secondary N) is 2. The quantitative estimate of drug-likeness (QED) is 0.457. The highest BCUT2D eigenvalue weighted by molar-refractivity contribution is 6.31. The molecule has 5 nitrogen and oxygen atoms in total. The van der Waals surface area contributed by atoms with Gasteiger partial charge >= 0.3 is 0 Å². The SMILES string of the molecule is CN=C(NCC(c1c(F)cccc1Cl)N1CCOC(C)C1)NC1CC=CC1. The largest absolute Gasteiger partial charge is 0.376 e. The lowest BCUT2D eigenvalue weighted by Crippen LogP contribution is -2.49. The maximum absolute atomic E-state index is 14.7. The number of rotatable bonds is 5. The number of hydrogen-bond donors (Lipinski definition) is 2. The predicted octanol–water partition coefficient (Wildman–Crippen LogP) is 3.12. The highest BCUT2D eigenvalue weighted by atomic mass is 35.5. The van der Waals surface area contributed by atoms with Gasteiger partial charge in [-0.05, 0) is 31.9 Å². The third kappa shape index (κ3) is 5.21. The van der Waals surface area contributed by atoms with Crippen LogP contribution in [0.3, 0.4) is 0 Å². The summed E-state index contributed by atoms with van der Waals surface area (Å²) in [4.78, 5) is 6.55. The Morgan fingerprint density at radius 1 is 1.41 bits per heavy atom. The maximum atomic E-state index is 14.7. The van der Waals surface area contributed by atoms with Crippen molar-refractivity contribution >= 4 is 17.6 Å². The number of halogens is 2. The van der Waals surface area contributed by atoms with Gasteiger partial charge in [-0.3, -0.25) is 9.89 Å². The summed E-state index contributed by atoms with van der Waals surface area (Å²) in [7, 11) is 1.75. The molecule has 1 aliphatic heterocycles. The van der Waals surface area contributed by atoms with Crippen LogP contribution in [0, 0.1) is 5.82 Å². The van der Waals surface area contributed by atoms with Crippen molar-refractivity contribution in [1.82, 2.24) is 15.5 Å². The van der Waals surface area contributed by atoms with Gasteiger partial charge in [0.05, 0.1) is 18.8 Å². The van der Waals surface area contributed by atoms with Gasteiger partial charge in [-0.15, -0.1) is 0 Å². The molecule has 1 fully saturated rings. The summed E-state index contributed by atoms with van der Waals surface area (Å²) in [6.45, 7) is 4.64. The van der Waals surface area contributed by atoms with E-state index in [1.165, 1.54) is 6.07 Å². The van der Waals surface area contributed by atoms with E-state index in [2.05, 4.69) is 32.7 Å². The number of aliphatic imine (C=N–C) groups is 1. The molecule has 1 saturated heterocycles. The Balaban J connectivity index is 1.75. The average molecular weight is 395 g/mol.